The number of aryl methyl sites for hydroxylation is 1. The van der Waals surface area contributed by atoms with Gasteiger partial charge in [0.1, 0.15) is 0 Å². The first-order chi connectivity index (χ1) is 12.1. The van der Waals surface area contributed by atoms with Crippen LogP contribution in [0.1, 0.15) is 5.56 Å². The van der Waals surface area contributed by atoms with Gasteiger partial charge in [-0.25, -0.2) is 0 Å². The van der Waals surface area contributed by atoms with Crippen LogP contribution in [0.25, 0.3) is 0 Å². The molecule has 0 aliphatic carbocycles. The van der Waals surface area contributed by atoms with Crippen molar-refractivity contribution < 1.29 is 9.59 Å². The van der Waals surface area contributed by atoms with E-state index >= 15 is 0 Å². The van der Waals surface area contributed by atoms with Gasteiger partial charge in [-0.15, -0.1) is 0 Å². The molecule has 0 spiro atoms. The average molecular weight is 378 g/mol. The summed E-state index contributed by atoms with van der Waals surface area (Å²) in [5.41, 5.74) is 2.16. The molecule has 2 heterocycles. The van der Waals surface area contributed by atoms with Crippen LogP contribution in [0.5, 0.6) is 0 Å². The maximum absolute atomic E-state index is 12.1. The Labute approximate surface area is 153 Å². The second kappa shape index (κ2) is 8.26. The lowest BCUT2D eigenvalue weighted by atomic mass is 10.2. The molecule has 4 N–H and O–H groups in total. The number of aliphatic imine (C=N–C) groups is 2. The van der Waals surface area contributed by atoms with E-state index in [2.05, 4.69) is 31.3 Å². The Morgan fingerprint density at radius 3 is 2.16 bits per heavy atom. The lowest BCUT2D eigenvalue weighted by Crippen LogP contribution is -2.19. The zero-order valence-corrected chi connectivity index (χ0v) is 15.2. The number of carbonyl (C=O) groups excluding carboxylic acids is 2. The van der Waals surface area contributed by atoms with E-state index in [9.17, 15) is 9.59 Å². The maximum atomic E-state index is 12.1. The smallest absolute Gasteiger partial charge is 0.291 e. The van der Waals surface area contributed by atoms with Crippen molar-refractivity contribution >= 4 is 55.7 Å². The van der Waals surface area contributed by atoms with Gasteiger partial charge in [0.25, 0.3) is 10.5 Å². The molecule has 2 aliphatic heterocycles. The third kappa shape index (κ3) is 5.13. The summed E-state index contributed by atoms with van der Waals surface area (Å²) >= 11 is 2.05. The monoisotopic (exact) mass is 378 g/mol. The summed E-state index contributed by atoms with van der Waals surface area (Å²) < 4.78 is 0. The number of anilines is 2. The van der Waals surface area contributed by atoms with E-state index in [1.54, 1.807) is 12.1 Å². The van der Waals surface area contributed by atoms with Crippen molar-refractivity contribution in [2.75, 3.05) is 36.8 Å². The predicted molar refractivity (Wildman–Crippen MR) is 105 cm³/mol. The van der Waals surface area contributed by atoms with Crippen LogP contribution in [0.4, 0.5) is 21.0 Å². The van der Waals surface area contributed by atoms with Crippen molar-refractivity contribution in [3.05, 3.63) is 23.8 Å². The van der Waals surface area contributed by atoms with Crippen LogP contribution in [0, 0.1) is 6.92 Å². The lowest BCUT2D eigenvalue weighted by Gasteiger charge is -2.11. The van der Waals surface area contributed by atoms with Crippen molar-refractivity contribution in [1.29, 1.82) is 0 Å². The van der Waals surface area contributed by atoms with Crippen molar-refractivity contribution in [1.82, 2.24) is 10.6 Å². The van der Waals surface area contributed by atoms with E-state index in [-0.39, 0.29) is 10.5 Å². The summed E-state index contributed by atoms with van der Waals surface area (Å²) in [7, 11) is 0. The van der Waals surface area contributed by atoms with Gasteiger partial charge in [0.15, 0.2) is 10.3 Å². The predicted octanol–water partition coefficient (Wildman–Crippen LogP) is 2.44. The second-order valence-corrected chi connectivity index (χ2v) is 7.21. The van der Waals surface area contributed by atoms with Gasteiger partial charge in [-0.05, 0) is 24.6 Å². The molecule has 132 valence electrons. The van der Waals surface area contributed by atoms with Crippen LogP contribution in [-0.2, 0) is 0 Å². The SMILES string of the molecule is Cc1ccc(NC(=O)SC2=NCCN2)cc1NC(=O)SC1=NCCN1. The molecule has 0 fully saturated rings. The van der Waals surface area contributed by atoms with Gasteiger partial charge in [0, 0.05) is 48.0 Å². The zero-order valence-electron chi connectivity index (χ0n) is 13.6. The van der Waals surface area contributed by atoms with Crippen LogP contribution in [-0.4, -0.2) is 47.0 Å². The van der Waals surface area contributed by atoms with E-state index < -0.39 is 0 Å². The van der Waals surface area contributed by atoms with Crippen LogP contribution < -0.4 is 21.3 Å². The number of amidine groups is 2. The third-order valence-corrected chi connectivity index (χ3v) is 4.89. The summed E-state index contributed by atoms with van der Waals surface area (Å²) in [5, 5.41) is 12.5. The summed E-state index contributed by atoms with van der Waals surface area (Å²) in [6.07, 6.45) is 0. The Kier molecular flexibility index (Phi) is 5.82. The Bertz CT molecular complexity index is 750. The maximum Gasteiger partial charge on any atom is 0.291 e. The summed E-state index contributed by atoms with van der Waals surface area (Å²) in [5.74, 6) is 0. The molecule has 0 saturated heterocycles. The number of benzene rings is 1. The van der Waals surface area contributed by atoms with E-state index in [0.717, 1.165) is 42.2 Å². The molecular formula is C15H18N6O2S2. The van der Waals surface area contributed by atoms with Crippen LogP contribution >= 0.6 is 23.5 Å². The van der Waals surface area contributed by atoms with Crippen LogP contribution in [0.3, 0.4) is 0 Å². The third-order valence-electron chi connectivity index (χ3n) is 3.39. The van der Waals surface area contributed by atoms with Crippen molar-refractivity contribution in [3.8, 4) is 0 Å². The minimum atomic E-state index is -0.229. The molecule has 0 aromatic heterocycles. The zero-order chi connectivity index (χ0) is 17.6. The van der Waals surface area contributed by atoms with E-state index in [1.165, 1.54) is 0 Å². The first kappa shape index (κ1) is 17.6. The quantitative estimate of drug-likeness (QED) is 0.630. The summed E-state index contributed by atoms with van der Waals surface area (Å²) in [6.45, 7) is 4.79. The number of thioether (sulfide) groups is 2. The first-order valence-corrected chi connectivity index (χ1v) is 9.38. The van der Waals surface area contributed by atoms with Gasteiger partial charge in [-0.3, -0.25) is 19.6 Å². The molecule has 10 heteroatoms. The molecular weight excluding hydrogens is 360 g/mol. The fourth-order valence-corrected chi connectivity index (χ4v) is 3.52. The van der Waals surface area contributed by atoms with E-state index in [1.807, 2.05) is 13.0 Å². The normalized spacial score (nSPS) is 15.7. The Morgan fingerprint density at radius 1 is 1.00 bits per heavy atom. The van der Waals surface area contributed by atoms with Gasteiger partial charge >= 0.3 is 0 Å². The number of nitrogens with zero attached hydrogens (tertiary/aromatic N) is 2. The first-order valence-electron chi connectivity index (χ1n) is 7.75. The van der Waals surface area contributed by atoms with Gasteiger partial charge in [0.2, 0.25) is 0 Å². The highest BCUT2D eigenvalue weighted by Crippen LogP contribution is 2.23. The molecule has 0 unspecified atom stereocenters. The average Bonchev–Trinajstić information content (AvgIpc) is 3.24. The second-order valence-electron chi connectivity index (χ2n) is 5.29. The molecule has 2 amide bonds. The highest BCUT2D eigenvalue weighted by atomic mass is 32.2. The molecule has 1 aromatic carbocycles. The number of carbonyl (C=O) groups is 2. The number of nitrogens with one attached hydrogen (secondary N) is 4. The van der Waals surface area contributed by atoms with Crippen LogP contribution in [0.2, 0.25) is 0 Å². The number of hydrogen-bond acceptors (Lipinski definition) is 8. The fourth-order valence-electron chi connectivity index (χ4n) is 2.18. The molecule has 0 radical (unpaired) electrons. The number of rotatable bonds is 2. The molecule has 2 aliphatic rings. The van der Waals surface area contributed by atoms with Crippen molar-refractivity contribution in [2.45, 2.75) is 6.92 Å². The summed E-state index contributed by atoms with van der Waals surface area (Å²) in [6, 6.07) is 5.38. The Hall–Kier alpha value is -2.20. The highest BCUT2D eigenvalue weighted by Gasteiger charge is 2.15. The van der Waals surface area contributed by atoms with Gasteiger partial charge in [-0.2, -0.15) is 0 Å². The Morgan fingerprint density at radius 2 is 1.60 bits per heavy atom. The van der Waals surface area contributed by atoms with Gasteiger partial charge < -0.3 is 21.3 Å². The van der Waals surface area contributed by atoms with Gasteiger partial charge in [-0.1, -0.05) is 6.07 Å². The van der Waals surface area contributed by atoms with E-state index in [4.69, 9.17) is 0 Å². The fraction of sp³-hybridized carbons (Fsp3) is 0.333. The highest BCUT2D eigenvalue weighted by molar-refractivity contribution is 8.26. The minimum absolute atomic E-state index is 0.224. The van der Waals surface area contributed by atoms with E-state index in [0.29, 0.717) is 34.8 Å². The lowest BCUT2D eigenvalue weighted by molar-refractivity contribution is 0.269. The van der Waals surface area contributed by atoms with Gasteiger partial charge in [0.05, 0.1) is 13.1 Å². The standard InChI is InChI=1S/C15H18N6O2S2/c1-9-2-3-10(20-14(22)24-12-16-4-5-17-12)8-11(9)21-15(23)25-13-18-6-7-19-13/h2-3,8H,4-7H2,1H3,(H,16,17)(H,18,19)(H,20,22)(H,21,23). The molecule has 25 heavy (non-hydrogen) atoms. The molecule has 1 aromatic rings. The molecule has 0 atom stereocenters. The number of hydrogen-bond donors (Lipinski definition) is 4. The largest absolute Gasteiger partial charge is 0.363 e. The molecule has 8 nitrogen and oxygen atoms in total. The molecule has 3 rings (SSSR count). The van der Waals surface area contributed by atoms with Crippen molar-refractivity contribution in [3.63, 3.8) is 0 Å². The topological polar surface area (TPSA) is 107 Å². The van der Waals surface area contributed by atoms with Crippen molar-refractivity contribution in [2.24, 2.45) is 9.98 Å². The Balaban J connectivity index is 1.59. The minimum Gasteiger partial charge on any atom is -0.363 e. The van der Waals surface area contributed by atoms with Crippen LogP contribution in [0.15, 0.2) is 28.2 Å². The molecule has 0 bridgehead atoms. The summed E-state index contributed by atoms with van der Waals surface area (Å²) in [4.78, 5) is 32.5. The molecule has 0 saturated carbocycles. The number of amides is 2.